The van der Waals surface area contributed by atoms with Crippen molar-refractivity contribution in [2.24, 2.45) is 0 Å². The molecule has 0 saturated carbocycles. The summed E-state index contributed by atoms with van der Waals surface area (Å²) in [7, 11) is 0. The Hall–Kier alpha value is -0.570. The summed E-state index contributed by atoms with van der Waals surface area (Å²) in [4.78, 5) is 0.869. The average Bonchev–Trinajstić information content (AvgIpc) is 2.34. The van der Waals surface area contributed by atoms with E-state index >= 15 is 0 Å². The van der Waals surface area contributed by atoms with E-state index in [0.29, 0.717) is 19.0 Å². The van der Waals surface area contributed by atoms with Crippen LogP contribution in [0.15, 0.2) is 23.1 Å². The summed E-state index contributed by atoms with van der Waals surface area (Å²) in [5, 5.41) is 10.7. The van der Waals surface area contributed by atoms with Gasteiger partial charge in [-0.2, -0.15) is 5.26 Å². The molecule has 0 aromatic heterocycles. The van der Waals surface area contributed by atoms with Gasteiger partial charge in [-0.1, -0.05) is 0 Å². The molecule has 104 valence electrons. The van der Waals surface area contributed by atoms with Crippen molar-refractivity contribution in [3.05, 3.63) is 23.8 Å². The van der Waals surface area contributed by atoms with E-state index in [-0.39, 0.29) is 0 Å². The summed E-state index contributed by atoms with van der Waals surface area (Å²) in [6.45, 7) is 3.75. The Morgan fingerprint density at radius 1 is 1.32 bits per heavy atom. The highest BCUT2D eigenvalue weighted by atomic mass is 32.5. The lowest BCUT2D eigenvalue weighted by Gasteiger charge is -2.22. The largest absolute Gasteiger partial charge is 0.424 e. The van der Waals surface area contributed by atoms with E-state index in [9.17, 15) is 0 Å². The lowest BCUT2D eigenvalue weighted by molar-refractivity contribution is 0.217. The number of hydrogen-bond acceptors (Lipinski definition) is 6. The number of aryl methyl sites for hydroxylation is 1. The van der Waals surface area contributed by atoms with Gasteiger partial charge in [0.2, 0.25) is 0 Å². The topological polar surface area (TPSA) is 51.5 Å². The minimum Gasteiger partial charge on any atom is -0.424 e. The Morgan fingerprint density at radius 3 is 2.42 bits per heavy atom. The van der Waals surface area contributed by atoms with Crippen LogP contribution in [0.3, 0.4) is 0 Å². The van der Waals surface area contributed by atoms with Crippen LogP contribution in [0, 0.1) is 17.6 Å². The number of thiocyanates is 1. The molecule has 0 aliphatic rings. The van der Waals surface area contributed by atoms with Crippen LogP contribution < -0.4 is 4.52 Å². The smallest absolute Gasteiger partial charge is 0.380 e. The first-order valence-electron chi connectivity index (χ1n) is 5.80. The number of benzene rings is 1. The third kappa shape index (κ3) is 5.13. The molecule has 0 spiro atoms. The first-order valence-corrected chi connectivity index (χ1v) is 9.17. The second kappa shape index (κ2) is 7.88. The molecule has 1 aromatic rings. The van der Waals surface area contributed by atoms with E-state index in [1.807, 2.05) is 38.3 Å². The maximum absolute atomic E-state index is 8.64. The second-order valence-electron chi connectivity index (χ2n) is 3.49. The van der Waals surface area contributed by atoms with Crippen LogP contribution in [0.5, 0.6) is 5.75 Å². The molecule has 4 nitrogen and oxygen atoms in total. The molecule has 7 heteroatoms. The Kier molecular flexibility index (Phi) is 6.84. The standard InChI is InChI=1S/C12H16NO3PS2/c1-4-14-17(18,15-5-2)16-12-7-6-11(19-9-13)8-10(12)3/h6-8H,4-5H2,1-3H3. The van der Waals surface area contributed by atoms with Gasteiger partial charge in [0.05, 0.1) is 13.2 Å². The van der Waals surface area contributed by atoms with Crippen molar-refractivity contribution in [1.29, 1.82) is 5.26 Å². The number of hydrogen-bond donors (Lipinski definition) is 0. The predicted molar refractivity (Wildman–Crippen MR) is 80.8 cm³/mol. The van der Waals surface area contributed by atoms with E-state index in [1.54, 1.807) is 6.07 Å². The van der Waals surface area contributed by atoms with Gasteiger partial charge in [0.25, 0.3) is 0 Å². The van der Waals surface area contributed by atoms with Crippen LogP contribution in [-0.4, -0.2) is 13.2 Å². The Labute approximate surface area is 123 Å². The number of thioether (sulfide) groups is 1. The fourth-order valence-corrected chi connectivity index (χ4v) is 3.98. The van der Waals surface area contributed by atoms with Gasteiger partial charge in [-0.25, -0.2) is 0 Å². The molecule has 0 atom stereocenters. The van der Waals surface area contributed by atoms with Gasteiger partial charge in [0.1, 0.15) is 11.2 Å². The first kappa shape index (κ1) is 16.5. The van der Waals surface area contributed by atoms with Crippen LogP contribution in [0.4, 0.5) is 0 Å². The van der Waals surface area contributed by atoms with Crippen molar-refractivity contribution in [3.63, 3.8) is 0 Å². The molecule has 1 rings (SSSR count). The average molecular weight is 317 g/mol. The molecule has 0 fully saturated rings. The fraction of sp³-hybridized carbons (Fsp3) is 0.417. The summed E-state index contributed by atoms with van der Waals surface area (Å²) in [5.74, 6) is 0.632. The minimum absolute atomic E-state index is 0.443. The molecule has 0 N–H and O–H groups in total. The van der Waals surface area contributed by atoms with Gasteiger partial charge in [0.15, 0.2) is 0 Å². The zero-order chi connectivity index (χ0) is 14.3. The van der Waals surface area contributed by atoms with Gasteiger partial charge in [0, 0.05) is 16.7 Å². The monoisotopic (exact) mass is 317 g/mol. The van der Waals surface area contributed by atoms with Gasteiger partial charge in [-0.15, -0.1) is 0 Å². The van der Waals surface area contributed by atoms with Crippen molar-refractivity contribution >= 4 is 30.3 Å². The Balaban J connectivity index is 2.91. The fourth-order valence-electron chi connectivity index (χ4n) is 1.37. The quantitative estimate of drug-likeness (QED) is 0.426. The van der Waals surface area contributed by atoms with Gasteiger partial charge < -0.3 is 4.52 Å². The molecular weight excluding hydrogens is 301 g/mol. The molecule has 1 aromatic carbocycles. The lowest BCUT2D eigenvalue weighted by Crippen LogP contribution is -2.02. The predicted octanol–water partition coefficient (Wildman–Crippen LogP) is 4.24. The SMILES string of the molecule is CCOP(=S)(OCC)Oc1ccc(SC#N)cc1C. The summed E-state index contributed by atoms with van der Waals surface area (Å²) < 4.78 is 16.6. The van der Waals surface area contributed by atoms with Crippen LogP contribution >= 0.6 is 18.5 Å². The third-order valence-corrected chi connectivity index (χ3v) is 5.10. The highest BCUT2D eigenvalue weighted by molar-refractivity contribution is 8.07. The number of nitrogens with zero attached hydrogens (tertiary/aromatic N) is 1. The number of rotatable bonds is 7. The Bertz CT molecular complexity index is 506. The molecule has 0 saturated heterocycles. The van der Waals surface area contributed by atoms with Gasteiger partial charge in [-0.3, -0.25) is 9.05 Å². The molecule has 0 bridgehead atoms. The molecule has 0 aliphatic heterocycles. The molecule has 0 aliphatic carbocycles. The molecule has 0 heterocycles. The zero-order valence-corrected chi connectivity index (χ0v) is 13.6. The maximum Gasteiger partial charge on any atom is 0.380 e. The van der Waals surface area contributed by atoms with E-state index in [2.05, 4.69) is 0 Å². The molecule has 19 heavy (non-hydrogen) atoms. The summed E-state index contributed by atoms with van der Waals surface area (Å²) in [6.07, 6.45) is 0. The van der Waals surface area contributed by atoms with E-state index in [0.717, 1.165) is 22.2 Å². The Morgan fingerprint density at radius 2 is 1.95 bits per heavy atom. The molecule has 0 unspecified atom stereocenters. The zero-order valence-electron chi connectivity index (χ0n) is 11.1. The van der Waals surface area contributed by atoms with Crippen molar-refractivity contribution < 1.29 is 13.6 Å². The minimum atomic E-state index is -2.74. The summed E-state index contributed by atoms with van der Waals surface area (Å²) in [5.41, 5.74) is 0.897. The van der Waals surface area contributed by atoms with Crippen LogP contribution in [0.1, 0.15) is 19.4 Å². The van der Waals surface area contributed by atoms with E-state index in [1.165, 1.54) is 0 Å². The summed E-state index contributed by atoms with van der Waals surface area (Å²) in [6, 6.07) is 5.47. The lowest BCUT2D eigenvalue weighted by atomic mass is 10.2. The van der Waals surface area contributed by atoms with Crippen molar-refractivity contribution in [2.75, 3.05) is 13.2 Å². The summed E-state index contributed by atoms with van der Waals surface area (Å²) >= 11 is 6.42. The van der Waals surface area contributed by atoms with Crippen LogP contribution in [0.2, 0.25) is 0 Å². The third-order valence-electron chi connectivity index (χ3n) is 2.09. The molecular formula is C12H16NO3PS2. The van der Waals surface area contributed by atoms with Crippen LogP contribution in [0.25, 0.3) is 0 Å². The molecule has 0 amide bonds. The second-order valence-corrected chi connectivity index (χ2v) is 7.29. The van der Waals surface area contributed by atoms with Crippen molar-refractivity contribution in [3.8, 4) is 11.2 Å². The maximum atomic E-state index is 8.64. The van der Waals surface area contributed by atoms with E-state index < -0.39 is 6.72 Å². The normalized spacial score (nSPS) is 11.1. The highest BCUT2D eigenvalue weighted by Gasteiger charge is 2.22. The van der Waals surface area contributed by atoms with Crippen LogP contribution in [-0.2, 0) is 20.9 Å². The van der Waals surface area contributed by atoms with Crippen molar-refractivity contribution in [1.82, 2.24) is 0 Å². The van der Waals surface area contributed by atoms with Gasteiger partial charge in [-0.05, 0) is 56.3 Å². The molecule has 0 radical (unpaired) electrons. The highest BCUT2D eigenvalue weighted by Crippen LogP contribution is 2.50. The first-order chi connectivity index (χ1) is 9.04. The van der Waals surface area contributed by atoms with Crippen molar-refractivity contribution in [2.45, 2.75) is 25.7 Å². The number of nitriles is 1. The van der Waals surface area contributed by atoms with E-state index in [4.69, 9.17) is 30.6 Å². The van der Waals surface area contributed by atoms with Gasteiger partial charge >= 0.3 is 6.72 Å².